The second kappa shape index (κ2) is 54.0. The number of nitrogens with one attached hydrogen (secondary N) is 1. The zero-order valence-corrected chi connectivity index (χ0v) is 39.3. The third-order valence-electron chi connectivity index (χ3n) is 12.9. The van der Waals surface area contributed by atoms with Gasteiger partial charge in [0.2, 0.25) is 0 Å². The third-order valence-corrected chi connectivity index (χ3v) is 12.9. The van der Waals surface area contributed by atoms with Crippen molar-refractivity contribution in [2.45, 2.75) is 335 Å². The average molecular weight is 774 g/mol. The summed E-state index contributed by atoms with van der Waals surface area (Å²) in [6, 6.07) is 0. The Morgan fingerprint density at radius 2 is 0.255 bits per heavy atom. The van der Waals surface area contributed by atoms with E-state index >= 15 is 0 Å². The van der Waals surface area contributed by atoms with Gasteiger partial charge >= 0.3 is 0 Å². The maximum Gasteiger partial charge on any atom is -0.00489 e. The Hall–Kier alpha value is -0.0400. The first kappa shape index (κ1) is 55.0. The molecule has 0 aromatic carbocycles. The Morgan fingerprint density at radius 1 is 0.145 bits per heavy atom. The summed E-state index contributed by atoms with van der Waals surface area (Å²) in [5, 5.41) is 3.72. The van der Waals surface area contributed by atoms with Crippen molar-refractivity contribution < 1.29 is 0 Å². The zero-order chi connectivity index (χ0) is 39.5. The molecule has 0 saturated carbocycles. The van der Waals surface area contributed by atoms with Crippen molar-refractivity contribution in [3.05, 3.63) is 0 Å². The summed E-state index contributed by atoms with van der Waals surface area (Å²) in [6.07, 6.45) is 73.7. The van der Waals surface area contributed by atoms with Gasteiger partial charge in [-0.2, -0.15) is 0 Å². The van der Waals surface area contributed by atoms with Crippen LogP contribution in [-0.4, -0.2) is 13.1 Å². The van der Waals surface area contributed by atoms with E-state index in [0.717, 1.165) is 0 Å². The highest BCUT2D eigenvalue weighted by atomic mass is 14.8. The molecule has 1 nitrogen and oxygen atoms in total. The molecule has 0 unspecified atom stereocenters. The molecule has 0 rings (SSSR count). The molecule has 0 bridgehead atoms. The molecule has 0 aliphatic carbocycles. The van der Waals surface area contributed by atoms with Crippen molar-refractivity contribution >= 4 is 0 Å². The van der Waals surface area contributed by atoms with Gasteiger partial charge in [0.25, 0.3) is 0 Å². The van der Waals surface area contributed by atoms with Gasteiger partial charge in [-0.05, 0) is 25.9 Å². The predicted octanol–water partition coefficient (Wildman–Crippen LogP) is 20.1. The second-order valence-electron chi connectivity index (χ2n) is 18.7. The Kier molecular flexibility index (Phi) is 53.9. The smallest absolute Gasteiger partial charge is 0.00489 e. The summed E-state index contributed by atoms with van der Waals surface area (Å²) in [6.45, 7) is 7.12. The Morgan fingerprint density at radius 3 is 0.382 bits per heavy atom. The molecule has 332 valence electrons. The van der Waals surface area contributed by atoms with Crippen LogP contribution in [0.2, 0.25) is 0 Å². The van der Waals surface area contributed by atoms with Crippen LogP contribution in [0.3, 0.4) is 0 Å². The van der Waals surface area contributed by atoms with Crippen molar-refractivity contribution in [3.63, 3.8) is 0 Å². The van der Waals surface area contributed by atoms with E-state index in [-0.39, 0.29) is 0 Å². The van der Waals surface area contributed by atoms with E-state index in [2.05, 4.69) is 19.2 Å². The fourth-order valence-electron chi connectivity index (χ4n) is 8.90. The summed E-state index contributed by atoms with van der Waals surface area (Å²) in [5.74, 6) is 0. The SMILES string of the molecule is CCCCCCCCCCCCCCCCCCCCCCCCCCCNCCCCCCCCCCCCCCCCCCCCCCCCCCC. The van der Waals surface area contributed by atoms with Gasteiger partial charge in [0, 0.05) is 0 Å². The molecule has 0 radical (unpaired) electrons. The highest BCUT2D eigenvalue weighted by Gasteiger charge is 1.99. The quantitative estimate of drug-likeness (QED) is 0.0607. The van der Waals surface area contributed by atoms with Gasteiger partial charge in [-0.1, -0.05) is 322 Å². The summed E-state index contributed by atoms with van der Waals surface area (Å²) < 4.78 is 0. The molecule has 1 heteroatoms. The van der Waals surface area contributed by atoms with E-state index < -0.39 is 0 Å². The fraction of sp³-hybridized carbons (Fsp3) is 1.00. The van der Waals surface area contributed by atoms with Gasteiger partial charge in [-0.15, -0.1) is 0 Å². The van der Waals surface area contributed by atoms with E-state index in [1.807, 2.05) is 0 Å². The highest BCUT2D eigenvalue weighted by molar-refractivity contribution is 4.55. The van der Waals surface area contributed by atoms with E-state index in [0.29, 0.717) is 0 Å². The van der Waals surface area contributed by atoms with E-state index in [1.54, 1.807) is 0 Å². The first-order chi connectivity index (χ1) is 27.4. The minimum atomic E-state index is 1.25. The van der Waals surface area contributed by atoms with Crippen LogP contribution in [0, 0.1) is 0 Å². The van der Waals surface area contributed by atoms with Crippen LogP contribution < -0.4 is 5.32 Å². The van der Waals surface area contributed by atoms with Crippen LogP contribution >= 0.6 is 0 Å². The lowest BCUT2D eigenvalue weighted by molar-refractivity contribution is 0.510. The summed E-state index contributed by atoms with van der Waals surface area (Å²) in [7, 11) is 0. The molecule has 0 heterocycles. The highest BCUT2D eigenvalue weighted by Crippen LogP contribution is 2.18. The average Bonchev–Trinajstić information content (AvgIpc) is 3.20. The predicted molar refractivity (Wildman–Crippen MR) is 255 cm³/mol. The minimum absolute atomic E-state index is 1.25. The number of hydrogen-bond donors (Lipinski definition) is 1. The van der Waals surface area contributed by atoms with Crippen molar-refractivity contribution in [1.82, 2.24) is 5.32 Å². The summed E-state index contributed by atoms with van der Waals surface area (Å²) >= 11 is 0. The molecule has 0 aromatic rings. The maximum atomic E-state index is 3.72. The monoisotopic (exact) mass is 774 g/mol. The lowest BCUT2D eigenvalue weighted by Crippen LogP contribution is -2.16. The van der Waals surface area contributed by atoms with Gasteiger partial charge in [-0.25, -0.2) is 0 Å². The molecule has 0 aliphatic heterocycles. The van der Waals surface area contributed by atoms with E-state index in [4.69, 9.17) is 0 Å². The van der Waals surface area contributed by atoms with Crippen LogP contribution in [0.1, 0.15) is 335 Å². The lowest BCUT2D eigenvalue weighted by atomic mass is 10.0. The van der Waals surface area contributed by atoms with Gasteiger partial charge in [0.1, 0.15) is 0 Å². The molecule has 55 heavy (non-hydrogen) atoms. The van der Waals surface area contributed by atoms with E-state index in [9.17, 15) is 0 Å². The number of hydrogen-bond acceptors (Lipinski definition) is 1. The van der Waals surface area contributed by atoms with Crippen LogP contribution in [-0.2, 0) is 0 Å². The van der Waals surface area contributed by atoms with Crippen molar-refractivity contribution in [2.75, 3.05) is 13.1 Å². The molecule has 0 aromatic heterocycles. The summed E-state index contributed by atoms with van der Waals surface area (Å²) in [5.41, 5.74) is 0. The maximum absolute atomic E-state index is 3.72. The third kappa shape index (κ3) is 54.0. The first-order valence-corrected chi connectivity index (χ1v) is 27.1. The normalized spacial score (nSPS) is 11.7. The largest absolute Gasteiger partial charge is 0.317 e. The van der Waals surface area contributed by atoms with Gasteiger partial charge < -0.3 is 5.32 Å². The van der Waals surface area contributed by atoms with Crippen molar-refractivity contribution in [1.29, 1.82) is 0 Å². The van der Waals surface area contributed by atoms with Crippen LogP contribution in [0.25, 0.3) is 0 Å². The van der Waals surface area contributed by atoms with Crippen molar-refractivity contribution in [3.8, 4) is 0 Å². The Bertz CT molecular complexity index is 562. The molecule has 0 saturated heterocycles. The Labute approximate surface area is 352 Å². The number of rotatable bonds is 52. The molecule has 1 N–H and O–H groups in total. The first-order valence-electron chi connectivity index (χ1n) is 27.1. The molecule has 0 aliphatic rings. The second-order valence-corrected chi connectivity index (χ2v) is 18.7. The van der Waals surface area contributed by atoms with Crippen molar-refractivity contribution in [2.24, 2.45) is 0 Å². The van der Waals surface area contributed by atoms with Crippen LogP contribution in [0.15, 0.2) is 0 Å². The Balaban J connectivity index is 3.05. The molecular formula is C54H111N. The van der Waals surface area contributed by atoms with Gasteiger partial charge in [-0.3, -0.25) is 0 Å². The number of unbranched alkanes of at least 4 members (excludes halogenated alkanes) is 48. The van der Waals surface area contributed by atoms with E-state index in [1.165, 1.54) is 334 Å². The molecule has 0 fully saturated rings. The lowest BCUT2D eigenvalue weighted by Gasteiger charge is -2.06. The van der Waals surface area contributed by atoms with Gasteiger partial charge in [0.15, 0.2) is 0 Å². The zero-order valence-electron chi connectivity index (χ0n) is 39.3. The van der Waals surface area contributed by atoms with Gasteiger partial charge in [0.05, 0.1) is 0 Å². The molecule has 0 spiro atoms. The molecule has 0 amide bonds. The fourth-order valence-corrected chi connectivity index (χ4v) is 8.90. The van der Waals surface area contributed by atoms with Crippen LogP contribution in [0.4, 0.5) is 0 Å². The summed E-state index contributed by atoms with van der Waals surface area (Å²) in [4.78, 5) is 0. The minimum Gasteiger partial charge on any atom is -0.317 e. The standard InChI is InChI=1S/C54H111N/c1-3-5-7-9-11-13-15-17-19-21-23-25-27-29-31-33-35-37-39-41-43-45-47-49-51-53-55-54-52-50-48-46-44-42-40-38-36-34-32-30-28-26-24-22-20-18-16-14-12-10-8-6-4-2/h55H,3-54H2,1-2H3. The molecule has 0 atom stereocenters. The topological polar surface area (TPSA) is 12.0 Å². The van der Waals surface area contributed by atoms with Crippen LogP contribution in [0.5, 0.6) is 0 Å². The molecular weight excluding hydrogens is 663 g/mol.